The molecule has 3 rings (SSSR count). The van der Waals surface area contributed by atoms with Crippen molar-refractivity contribution in [3.63, 3.8) is 0 Å². The molecule has 0 aliphatic carbocycles. The molecule has 1 heterocycles. The second-order valence-electron chi connectivity index (χ2n) is 6.81. The largest absolute Gasteiger partial charge is 0.353 e. The number of nitrogens with zero attached hydrogens (tertiary/aromatic N) is 1. The van der Waals surface area contributed by atoms with Crippen molar-refractivity contribution in [2.75, 3.05) is 26.3 Å². The van der Waals surface area contributed by atoms with Crippen LogP contribution in [0.15, 0.2) is 54.6 Å². The van der Waals surface area contributed by atoms with Crippen molar-refractivity contribution >= 4 is 11.6 Å². The summed E-state index contributed by atoms with van der Waals surface area (Å²) in [4.78, 5) is 2.45. The summed E-state index contributed by atoms with van der Waals surface area (Å²) in [6.45, 7) is 4.37. The molecule has 1 atom stereocenters. The van der Waals surface area contributed by atoms with Crippen molar-refractivity contribution < 1.29 is 9.47 Å². The molecule has 0 bridgehead atoms. The first-order valence-corrected chi connectivity index (χ1v) is 9.91. The molecular weight excluding hydrogens is 346 g/mol. The lowest BCUT2D eigenvalue weighted by Crippen LogP contribution is -2.32. The van der Waals surface area contributed by atoms with Gasteiger partial charge < -0.3 is 9.47 Å². The fraction of sp³-hybridized carbons (Fsp3) is 0.455. The van der Waals surface area contributed by atoms with E-state index in [-0.39, 0.29) is 6.29 Å². The summed E-state index contributed by atoms with van der Waals surface area (Å²) < 4.78 is 11.6. The van der Waals surface area contributed by atoms with E-state index in [0.717, 1.165) is 50.5 Å². The first-order valence-electron chi connectivity index (χ1n) is 9.53. The average molecular weight is 374 g/mol. The van der Waals surface area contributed by atoms with Gasteiger partial charge in [-0.05, 0) is 48.9 Å². The normalized spacial score (nSPS) is 17.5. The van der Waals surface area contributed by atoms with Gasteiger partial charge in [-0.2, -0.15) is 0 Å². The highest BCUT2D eigenvalue weighted by Crippen LogP contribution is 2.14. The highest BCUT2D eigenvalue weighted by atomic mass is 35.5. The third-order valence-electron chi connectivity index (χ3n) is 4.73. The minimum atomic E-state index is -0.0152. The van der Waals surface area contributed by atoms with E-state index in [4.69, 9.17) is 21.1 Å². The molecule has 1 saturated heterocycles. The van der Waals surface area contributed by atoms with Crippen LogP contribution < -0.4 is 0 Å². The van der Waals surface area contributed by atoms with Crippen LogP contribution in [0.4, 0.5) is 0 Å². The second kappa shape index (κ2) is 10.7. The molecule has 0 aromatic heterocycles. The highest BCUT2D eigenvalue weighted by molar-refractivity contribution is 6.30. The number of ether oxygens (including phenoxy) is 2. The molecule has 0 radical (unpaired) electrons. The standard InChI is InChI=1S/C22H28ClNO2/c23-21-11-9-19(10-12-21)13-14-24(18-20-6-2-1-3-7-20)15-17-26-22-8-4-5-16-25-22/h1-3,6-7,9-12,22H,4-5,8,13-18H2. The smallest absolute Gasteiger partial charge is 0.157 e. The monoisotopic (exact) mass is 373 g/mol. The topological polar surface area (TPSA) is 21.7 Å². The summed E-state index contributed by atoms with van der Waals surface area (Å²) in [5.41, 5.74) is 2.64. The van der Waals surface area contributed by atoms with Crippen molar-refractivity contribution in [3.05, 3.63) is 70.7 Å². The van der Waals surface area contributed by atoms with Crippen molar-refractivity contribution in [1.29, 1.82) is 0 Å². The molecule has 4 heteroatoms. The van der Waals surface area contributed by atoms with Gasteiger partial charge in [-0.25, -0.2) is 0 Å². The van der Waals surface area contributed by atoms with E-state index in [1.165, 1.54) is 17.5 Å². The molecule has 1 unspecified atom stereocenters. The Bertz CT molecular complexity index is 626. The molecule has 0 spiro atoms. The van der Waals surface area contributed by atoms with Crippen LogP contribution in [0, 0.1) is 0 Å². The Kier molecular flexibility index (Phi) is 7.96. The summed E-state index contributed by atoms with van der Waals surface area (Å²) in [5.74, 6) is 0. The fourth-order valence-corrected chi connectivity index (χ4v) is 3.33. The van der Waals surface area contributed by atoms with Crippen LogP contribution in [-0.4, -0.2) is 37.5 Å². The third kappa shape index (κ3) is 6.73. The zero-order valence-corrected chi connectivity index (χ0v) is 16.0. The molecular formula is C22H28ClNO2. The fourth-order valence-electron chi connectivity index (χ4n) is 3.21. The Morgan fingerprint density at radius 2 is 1.77 bits per heavy atom. The Balaban J connectivity index is 1.51. The molecule has 140 valence electrons. The number of benzene rings is 2. The quantitative estimate of drug-likeness (QED) is 0.622. The van der Waals surface area contributed by atoms with Gasteiger partial charge in [-0.1, -0.05) is 54.1 Å². The molecule has 2 aromatic carbocycles. The van der Waals surface area contributed by atoms with Gasteiger partial charge in [0.1, 0.15) is 0 Å². The van der Waals surface area contributed by atoms with Gasteiger partial charge in [0.25, 0.3) is 0 Å². The minimum Gasteiger partial charge on any atom is -0.353 e. The summed E-state index contributed by atoms with van der Waals surface area (Å²) in [5, 5.41) is 0.788. The zero-order chi connectivity index (χ0) is 18.0. The minimum absolute atomic E-state index is 0.0152. The average Bonchev–Trinajstić information content (AvgIpc) is 2.69. The second-order valence-corrected chi connectivity index (χ2v) is 7.24. The van der Waals surface area contributed by atoms with Gasteiger partial charge >= 0.3 is 0 Å². The van der Waals surface area contributed by atoms with Crippen molar-refractivity contribution in [1.82, 2.24) is 4.90 Å². The number of hydrogen-bond donors (Lipinski definition) is 0. The van der Waals surface area contributed by atoms with Gasteiger partial charge in [0, 0.05) is 31.3 Å². The molecule has 2 aromatic rings. The van der Waals surface area contributed by atoms with Gasteiger partial charge in [-0.3, -0.25) is 4.90 Å². The summed E-state index contributed by atoms with van der Waals surface area (Å²) in [6.07, 6.45) is 4.36. The Hall–Kier alpha value is -1.39. The number of halogens is 1. The molecule has 3 nitrogen and oxygen atoms in total. The third-order valence-corrected chi connectivity index (χ3v) is 4.98. The molecule has 26 heavy (non-hydrogen) atoms. The summed E-state index contributed by atoms with van der Waals surface area (Å²) >= 11 is 5.99. The van der Waals surface area contributed by atoms with E-state index < -0.39 is 0 Å². The lowest BCUT2D eigenvalue weighted by atomic mass is 10.1. The Morgan fingerprint density at radius 1 is 0.962 bits per heavy atom. The van der Waals surface area contributed by atoms with Crippen molar-refractivity contribution in [2.24, 2.45) is 0 Å². The SMILES string of the molecule is Clc1ccc(CCN(CCOC2CCCCO2)Cc2ccccc2)cc1. The lowest BCUT2D eigenvalue weighted by molar-refractivity contribution is -0.164. The summed E-state index contributed by atoms with van der Waals surface area (Å²) in [6, 6.07) is 18.7. The highest BCUT2D eigenvalue weighted by Gasteiger charge is 2.14. The van der Waals surface area contributed by atoms with Crippen LogP contribution in [0.3, 0.4) is 0 Å². The molecule has 1 aliphatic rings. The molecule has 0 saturated carbocycles. The predicted octanol–water partition coefficient (Wildman–Crippen LogP) is 4.93. The van der Waals surface area contributed by atoms with Crippen LogP contribution in [0.2, 0.25) is 5.02 Å². The maximum atomic E-state index is 5.99. The molecule has 0 N–H and O–H groups in total. The zero-order valence-electron chi connectivity index (χ0n) is 15.3. The summed E-state index contributed by atoms with van der Waals surface area (Å²) in [7, 11) is 0. The van der Waals surface area contributed by atoms with Crippen LogP contribution >= 0.6 is 11.6 Å². The van der Waals surface area contributed by atoms with Crippen molar-refractivity contribution in [2.45, 2.75) is 38.5 Å². The van der Waals surface area contributed by atoms with Crippen LogP contribution in [0.1, 0.15) is 30.4 Å². The first kappa shape index (κ1) is 19.4. The Morgan fingerprint density at radius 3 is 2.50 bits per heavy atom. The van der Waals surface area contributed by atoms with E-state index >= 15 is 0 Å². The number of rotatable bonds is 9. The van der Waals surface area contributed by atoms with E-state index in [2.05, 4.69) is 47.4 Å². The number of hydrogen-bond acceptors (Lipinski definition) is 3. The van der Waals surface area contributed by atoms with Gasteiger partial charge in [0.2, 0.25) is 0 Å². The first-order chi connectivity index (χ1) is 12.8. The Labute approximate surface area is 161 Å². The molecule has 1 fully saturated rings. The van der Waals surface area contributed by atoms with Gasteiger partial charge in [0.05, 0.1) is 6.61 Å². The van der Waals surface area contributed by atoms with E-state index in [9.17, 15) is 0 Å². The maximum Gasteiger partial charge on any atom is 0.157 e. The van der Waals surface area contributed by atoms with Gasteiger partial charge in [0.15, 0.2) is 6.29 Å². The lowest BCUT2D eigenvalue weighted by Gasteiger charge is -2.26. The molecule has 1 aliphatic heterocycles. The molecule has 0 amide bonds. The van der Waals surface area contributed by atoms with Crippen LogP contribution in [0.5, 0.6) is 0 Å². The predicted molar refractivity (Wildman–Crippen MR) is 106 cm³/mol. The van der Waals surface area contributed by atoms with Crippen LogP contribution in [0.25, 0.3) is 0 Å². The van der Waals surface area contributed by atoms with E-state index in [1.807, 2.05) is 12.1 Å². The van der Waals surface area contributed by atoms with E-state index in [0.29, 0.717) is 6.61 Å². The maximum absolute atomic E-state index is 5.99. The van der Waals surface area contributed by atoms with Crippen LogP contribution in [-0.2, 0) is 22.4 Å². The van der Waals surface area contributed by atoms with Gasteiger partial charge in [-0.15, -0.1) is 0 Å². The van der Waals surface area contributed by atoms with Crippen molar-refractivity contribution in [3.8, 4) is 0 Å². The van der Waals surface area contributed by atoms with E-state index in [1.54, 1.807) is 0 Å².